The first-order chi connectivity index (χ1) is 14.4. The molecule has 4 rings (SSSR count). The first-order valence-corrected chi connectivity index (χ1v) is 12.0. The zero-order chi connectivity index (χ0) is 21.2. The number of sulfonamides is 1. The van der Waals surface area contributed by atoms with Crippen molar-refractivity contribution in [2.75, 3.05) is 26.3 Å². The third kappa shape index (κ3) is 4.25. The van der Waals surface area contributed by atoms with E-state index in [4.69, 9.17) is 16.3 Å². The standard InChI is InChI=1S/C22H25ClN2O4S/c23-19-8-6-18(7-9-19)22(10-1-2-11-22)24-21(26)17-4-3-5-20(16-17)30(27,28)25-12-14-29-15-13-25/h3-9,16H,1-2,10-15H2,(H,24,26). The Kier molecular flexibility index (Phi) is 6.16. The summed E-state index contributed by atoms with van der Waals surface area (Å²) in [5.74, 6) is -0.272. The number of carbonyl (C=O) groups is 1. The summed E-state index contributed by atoms with van der Waals surface area (Å²) in [4.78, 5) is 13.3. The molecule has 1 saturated heterocycles. The molecule has 0 bridgehead atoms. The van der Waals surface area contributed by atoms with Gasteiger partial charge in [-0.05, 0) is 48.7 Å². The number of nitrogens with one attached hydrogen (secondary N) is 1. The van der Waals surface area contributed by atoms with Crippen molar-refractivity contribution < 1.29 is 17.9 Å². The van der Waals surface area contributed by atoms with Gasteiger partial charge in [0, 0.05) is 23.7 Å². The lowest BCUT2D eigenvalue weighted by molar-refractivity contribution is 0.0730. The lowest BCUT2D eigenvalue weighted by Crippen LogP contribution is -2.44. The molecule has 0 unspecified atom stereocenters. The SMILES string of the molecule is O=C(NC1(c2ccc(Cl)cc2)CCCC1)c1cccc(S(=O)(=O)N2CCOCC2)c1. The van der Waals surface area contributed by atoms with Crippen LogP contribution in [0.15, 0.2) is 53.4 Å². The number of hydrogen-bond acceptors (Lipinski definition) is 4. The van der Waals surface area contributed by atoms with Crippen LogP contribution in [0.5, 0.6) is 0 Å². The van der Waals surface area contributed by atoms with Crippen LogP contribution in [0.1, 0.15) is 41.6 Å². The molecule has 2 aromatic rings. The minimum absolute atomic E-state index is 0.129. The number of hydrogen-bond donors (Lipinski definition) is 1. The number of nitrogens with zero attached hydrogens (tertiary/aromatic N) is 1. The Morgan fingerprint density at radius 2 is 1.70 bits per heavy atom. The highest BCUT2D eigenvalue weighted by Gasteiger charge is 2.37. The number of ether oxygens (including phenoxy) is 1. The summed E-state index contributed by atoms with van der Waals surface area (Å²) in [6.45, 7) is 1.39. The highest BCUT2D eigenvalue weighted by Crippen LogP contribution is 2.39. The molecule has 1 aliphatic carbocycles. The van der Waals surface area contributed by atoms with Crippen LogP contribution in [-0.4, -0.2) is 44.9 Å². The number of morpholine rings is 1. The molecule has 0 spiro atoms. The van der Waals surface area contributed by atoms with Gasteiger partial charge in [0.2, 0.25) is 10.0 Å². The van der Waals surface area contributed by atoms with Gasteiger partial charge >= 0.3 is 0 Å². The number of amides is 1. The van der Waals surface area contributed by atoms with Crippen LogP contribution in [-0.2, 0) is 20.3 Å². The van der Waals surface area contributed by atoms with E-state index < -0.39 is 15.6 Å². The Balaban J connectivity index is 1.59. The molecule has 2 aliphatic rings. The van der Waals surface area contributed by atoms with E-state index in [2.05, 4.69) is 5.32 Å². The van der Waals surface area contributed by atoms with Gasteiger partial charge in [-0.1, -0.05) is 42.6 Å². The maximum Gasteiger partial charge on any atom is 0.252 e. The van der Waals surface area contributed by atoms with Crippen LogP contribution >= 0.6 is 11.6 Å². The van der Waals surface area contributed by atoms with Gasteiger partial charge in [-0.2, -0.15) is 4.31 Å². The van der Waals surface area contributed by atoms with Gasteiger partial charge < -0.3 is 10.1 Å². The van der Waals surface area contributed by atoms with E-state index in [-0.39, 0.29) is 10.8 Å². The lowest BCUT2D eigenvalue weighted by Gasteiger charge is -2.31. The predicted octanol–water partition coefficient (Wildman–Crippen LogP) is 3.56. The summed E-state index contributed by atoms with van der Waals surface area (Å²) in [6, 6.07) is 13.8. The molecule has 0 atom stereocenters. The van der Waals surface area contributed by atoms with Crippen LogP contribution in [0.3, 0.4) is 0 Å². The fraction of sp³-hybridized carbons (Fsp3) is 0.409. The topological polar surface area (TPSA) is 75.7 Å². The van der Waals surface area contributed by atoms with Gasteiger partial charge in [0.05, 0.1) is 23.6 Å². The second-order valence-electron chi connectivity index (χ2n) is 7.79. The Hall–Kier alpha value is -1.93. The molecule has 1 heterocycles. The molecule has 0 aromatic heterocycles. The molecule has 1 saturated carbocycles. The maximum absolute atomic E-state index is 13.1. The van der Waals surface area contributed by atoms with E-state index in [0.29, 0.717) is 36.9 Å². The molecule has 1 aliphatic heterocycles. The van der Waals surface area contributed by atoms with Crippen LogP contribution in [0, 0.1) is 0 Å². The molecule has 1 amide bonds. The van der Waals surface area contributed by atoms with E-state index >= 15 is 0 Å². The Bertz CT molecular complexity index is 1010. The van der Waals surface area contributed by atoms with Crippen LogP contribution in [0.25, 0.3) is 0 Å². The molecular weight excluding hydrogens is 424 g/mol. The lowest BCUT2D eigenvalue weighted by atomic mass is 9.88. The highest BCUT2D eigenvalue weighted by molar-refractivity contribution is 7.89. The smallest absolute Gasteiger partial charge is 0.252 e. The van der Waals surface area contributed by atoms with Crippen LogP contribution in [0.4, 0.5) is 0 Å². The number of halogens is 1. The van der Waals surface area contributed by atoms with E-state index in [1.165, 1.54) is 16.4 Å². The minimum Gasteiger partial charge on any atom is -0.379 e. The van der Waals surface area contributed by atoms with Crippen molar-refractivity contribution in [3.63, 3.8) is 0 Å². The molecule has 8 heteroatoms. The monoisotopic (exact) mass is 448 g/mol. The van der Waals surface area contributed by atoms with Gasteiger partial charge in [0.25, 0.3) is 5.91 Å². The molecule has 2 fully saturated rings. The van der Waals surface area contributed by atoms with Gasteiger partial charge in [0.1, 0.15) is 0 Å². The van der Waals surface area contributed by atoms with Crippen molar-refractivity contribution in [2.24, 2.45) is 0 Å². The average Bonchev–Trinajstić information content (AvgIpc) is 3.24. The summed E-state index contributed by atoms with van der Waals surface area (Å²) in [5, 5.41) is 3.84. The van der Waals surface area contributed by atoms with Gasteiger partial charge in [-0.25, -0.2) is 8.42 Å². The van der Waals surface area contributed by atoms with Crippen molar-refractivity contribution in [1.82, 2.24) is 9.62 Å². The first-order valence-electron chi connectivity index (χ1n) is 10.2. The van der Waals surface area contributed by atoms with E-state index in [0.717, 1.165) is 31.2 Å². The Morgan fingerprint density at radius 3 is 2.37 bits per heavy atom. The summed E-state index contributed by atoms with van der Waals surface area (Å²) >= 11 is 6.03. The van der Waals surface area contributed by atoms with Crippen molar-refractivity contribution in [1.29, 1.82) is 0 Å². The van der Waals surface area contributed by atoms with Crippen molar-refractivity contribution in [2.45, 2.75) is 36.1 Å². The van der Waals surface area contributed by atoms with E-state index in [9.17, 15) is 13.2 Å². The zero-order valence-electron chi connectivity index (χ0n) is 16.6. The molecule has 30 heavy (non-hydrogen) atoms. The molecule has 1 N–H and O–H groups in total. The molecule has 160 valence electrons. The molecule has 6 nitrogen and oxygen atoms in total. The van der Waals surface area contributed by atoms with Crippen LogP contribution < -0.4 is 5.32 Å². The van der Waals surface area contributed by atoms with E-state index in [1.807, 2.05) is 24.3 Å². The second-order valence-corrected chi connectivity index (χ2v) is 10.2. The quantitative estimate of drug-likeness (QED) is 0.758. The Labute approximate surface area is 182 Å². The largest absolute Gasteiger partial charge is 0.379 e. The van der Waals surface area contributed by atoms with Gasteiger partial charge in [-0.3, -0.25) is 4.79 Å². The minimum atomic E-state index is -3.66. The highest BCUT2D eigenvalue weighted by atomic mass is 35.5. The van der Waals surface area contributed by atoms with Crippen LogP contribution in [0.2, 0.25) is 5.02 Å². The summed E-state index contributed by atoms with van der Waals surface area (Å²) in [6.07, 6.45) is 3.72. The number of carbonyl (C=O) groups excluding carboxylic acids is 1. The number of benzene rings is 2. The van der Waals surface area contributed by atoms with Crippen molar-refractivity contribution in [3.8, 4) is 0 Å². The molecule has 2 aromatic carbocycles. The zero-order valence-corrected chi connectivity index (χ0v) is 18.2. The predicted molar refractivity (Wildman–Crippen MR) is 115 cm³/mol. The average molecular weight is 449 g/mol. The molecule has 0 radical (unpaired) electrons. The fourth-order valence-corrected chi connectivity index (χ4v) is 5.84. The van der Waals surface area contributed by atoms with Gasteiger partial charge in [0.15, 0.2) is 0 Å². The first kappa shape index (κ1) is 21.3. The fourth-order valence-electron chi connectivity index (χ4n) is 4.26. The molecular formula is C22H25ClN2O4S. The van der Waals surface area contributed by atoms with Crippen molar-refractivity contribution in [3.05, 3.63) is 64.7 Å². The number of rotatable bonds is 5. The summed E-state index contributed by atoms with van der Waals surface area (Å²) < 4.78 is 32.5. The van der Waals surface area contributed by atoms with Crippen molar-refractivity contribution >= 4 is 27.5 Å². The second kappa shape index (κ2) is 8.67. The van der Waals surface area contributed by atoms with Gasteiger partial charge in [-0.15, -0.1) is 0 Å². The van der Waals surface area contributed by atoms with E-state index in [1.54, 1.807) is 12.1 Å². The Morgan fingerprint density at radius 1 is 1.03 bits per heavy atom. The third-order valence-corrected chi connectivity index (χ3v) is 8.06. The maximum atomic E-state index is 13.1. The third-order valence-electron chi connectivity index (χ3n) is 5.91. The summed E-state index contributed by atoms with van der Waals surface area (Å²) in [5.41, 5.74) is 0.903. The summed E-state index contributed by atoms with van der Waals surface area (Å²) in [7, 11) is -3.66. The normalized spacial score (nSPS) is 19.5.